The number of amides is 2. The fraction of sp³-hybridized carbons (Fsp3) is 0.647. The number of carbonyl (C=O) groups excluding carboxylic acids is 2. The zero-order valence-electron chi connectivity index (χ0n) is 13.8. The molecular formula is C17H23N5O2. The van der Waals surface area contributed by atoms with Crippen molar-refractivity contribution in [3.05, 3.63) is 17.6 Å². The molecule has 0 aromatic carbocycles. The van der Waals surface area contributed by atoms with Crippen LogP contribution in [0.5, 0.6) is 0 Å². The molecule has 2 aliphatic heterocycles. The third-order valence-corrected chi connectivity index (χ3v) is 5.52. The van der Waals surface area contributed by atoms with Gasteiger partial charge in [-0.25, -0.2) is 9.97 Å². The maximum atomic E-state index is 12.9. The zero-order valence-corrected chi connectivity index (χ0v) is 13.8. The Morgan fingerprint density at radius 1 is 1.17 bits per heavy atom. The number of nitrogens with two attached hydrogens (primary N) is 1. The van der Waals surface area contributed by atoms with Crippen LogP contribution in [-0.2, 0) is 4.79 Å². The number of anilines is 1. The highest BCUT2D eigenvalue weighted by Gasteiger charge is 2.40. The summed E-state index contributed by atoms with van der Waals surface area (Å²) in [4.78, 5) is 37.3. The second-order valence-corrected chi connectivity index (χ2v) is 6.97. The van der Waals surface area contributed by atoms with Gasteiger partial charge >= 0.3 is 0 Å². The SMILES string of the molecule is Nc1nc(C2CCCC2)ncc1C(=O)N1CCC(=O)N2CCCC21. The van der Waals surface area contributed by atoms with Crippen LogP contribution in [-0.4, -0.2) is 50.8 Å². The molecule has 128 valence electrons. The highest BCUT2D eigenvalue weighted by atomic mass is 16.2. The first kappa shape index (κ1) is 15.4. The smallest absolute Gasteiger partial charge is 0.260 e. The molecule has 1 aromatic heterocycles. The van der Waals surface area contributed by atoms with Gasteiger partial charge in [-0.15, -0.1) is 0 Å². The van der Waals surface area contributed by atoms with E-state index in [9.17, 15) is 9.59 Å². The summed E-state index contributed by atoms with van der Waals surface area (Å²) in [6.45, 7) is 1.18. The fourth-order valence-corrected chi connectivity index (χ4v) is 4.22. The van der Waals surface area contributed by atoms with Crippen LogP contribution in [0, 0.1) is 0 Å². The van der Waals surface area contributed by atoms with Crippen molar-refractivity contribution in [2.45, 2.75) is 57.0 Å². The van der Waals surface area contributed by atoms with Crippen molar-refractivity contribution in [3.8, 4) is 0 Å². The number of nitrogen functional groups attached to an aromatic ring is 1. The van der Waals surface area contributed by atoms with Crippen molar-refractivity contribution >= 4 is 17.6 Å². The summed E-state index contributed by atoms with van der Waals surface area (Å²) in [6, 6.07) is 0. The van der Waals surface area contributed by atoms with E-state index in [1.165, 1.54) is 12.8 Å². The molecule has 24 heavy (non-hydrogen) atoms. The lowest BCUT2D eigenvalue weighted by Gasteiger charge is -2.39. The predicted octanol–water partition coefficient (Wildman–Crippen LogP) is 1.51. The van der Waals surface area contributed by atoms with Gasteiger partial charge in [0.25, 0.3) is 5.91 Å². The van der Waals surface area contributed by atoms with Crippen LogP contribution in [0.1, 0.15) is 67.0 Å². The monoisotopic (exact) mass is 329 g/mol. The summed E-state index contributed by atoms with van der Waals surface area (Å²) >= 11 is 0. The molecule has 0 bridgehead atoms. The van der Waals surface area contributed by atoms with Crippen molar-refractivity contribution in [1.82, 2.24) is 19.8 Å². The van der Waals surface area contributed by atoms with E-state index < -0.39 is 0 Å². The number of nitrogens with zero attached hydrogens (tertiary/aromatic N) is 4. The first-order valence-corrected chi connectivity index (χ1v) is 8.88. The second kappa shape index (κ2) is 6.03. The van der Waals surface area contributed by atoms with Crippen molar-refractivity contribution < 1.29 is 9.59 Å². The third kappa shape index (κ3) is 2.52. The largest absolute Gasteiger partial charge is 0.383 e. The van der Waals surface area contributed by atoms with Crippen molar-refractivity contribution in [2.24, 2.45) is 0 Å². The standard InChI is InChI=1S/C17H23N5O2/c18-15-12(10-19-16(20-15)11-4-1-2-5-11)17(24)22-9-7-14(23)21-8-3-6-13(21)22/h10-11,13H,1-9H2,(H2,18,19,20). The predicted molar refractivity (Wildman–Crippen MR) is 88.0 cm³/mol. The molecule has 3 fully saturated rings. The minimum atomic E-state index is -0.158. The van der Waals surface area contributed by atoms with Gasteiger partial charge < -0.3 is 15.5 Å². The number of fused-ring (bicyclic) bond motifs is 1. The topological polar surface area (TPSA) is 92.4 Å². The van der Waals surface area contributed by atoms with E-state index in [-0.39, 0.29) is 23.8 Å². The lowest BCUT2D eigenvalue weighted by Crippen LogP contribution is -2.55. The highest BCUT2D eigenvalue weighted by Crippen LogP contribution is 2.33. The maximum absolute atomic E-state index is 12.9. The van der Waals surface area contributed by atoms with Crippen LogP contribution >= 0.6 is 0 Å². The average molecular weight is 329 g/mol. The van der Waals surface area contributed by atoms with Gasteiger partial charge in [-0.3, -0.25) is 9.59 Å². The van der Waals surface area contributed by atoms with Crippen LogP contribution in [0.2, 0.25) is 0 Å². The third-order valence-electron chi connectivity index (χ3n) is 5.52. The second-order valence-electron chi connectivity index (χ2n) is 6.97. The first-order valence-electron chi connectivity index (χ1n) is 8.88. The molecule has 0 radical (unpaired) electrons. The van der Waals surface area contributed by atoms with E-state index in [4.69, 9.17) is 5.73 Å². The molecule has 1 unspecified atom stereocenters. The van der Waals surface area contributed by atoms with Gasteiger partial charge in [-0.2, -0.15) is 0 Å². The molecule has 2 N–H and O–H groups in total. The minimum absolute atomic E-state index is 0.132. The van der Waals surface area contributed by atoms with E-state index in [0.717, 1.165) is 38.1 Å². The van der Waals surface area contributed by atoms with Crippen LogP contribution in [0.25, 0.3) is 0 Å². The highest BCUT2D eigenvalue weighted by molar-refractivity contribution is 5.99. The first-order chi connectivity index (χ1) is 11.6. The summed E-state index contributed by atoms with van der Waals surface area (Å²) < 4.78 is 0. The quantitative estimate of drug-likeness (QED) is 0.888. The Hall–Kier alpha value is -2.18. The summed E-state index contributed by atoms with van der Waals surface area (Å²) in [6.07, 6.45) is 8.19. The molecule has 1 atom stereocenters. The van der Waals surface area contributed by atoms with Gasteiger partial charge in [0.1, 0.15) is 23.4 Å². The van der Waals surface area contributed by atoms with Crippen LogP contribution in [0.4, 0.5) is 5.82 Å². The van der Waals surface area contributed by atoms with E-state index in [1.807, 2.05) is 4.90 Å². The summed E-state index contributed by atoms with van der Waals surface area (Å²) in [5, 5.41) is 0. The Kier molecular flexibility index (Phi) is 3.86. The summed E-state index contributed by atoms with van der Waals surface area (Å²) in [7, 11) is 0. The molecule has 7 nitrogen and oxygen atoms in total. The van der Waals surface area contributed by atoms with E-state index in [2.05, 4.69) is 9.97 Å². The normalized spacial score (nSPS) is 24.5. The molecule has 1 aliphatic carbocycles. The molecule has 2 saturated heterocycles. The Balaban J connectivity index is 1.56. The molecular weight excluding hydrogens is 306 g/mol. The fourth-order valence-electron chi connectivity index (χ4n) is 4.22. The molecule has 2 amide bonds. The van der Waals surface area contributed by atoms with E-state index >= 15 is 0 Å². The zero-order chi connectivity index (χ0) is 16.7. The molecule has 3 aliphatic rings. The summed E-state index contributed by atoms with van der Waals surface area (Å²) in [5.41, 5.74) is 6.44. The van der Waals surface area contributed by atoms with Crippen LogP contribution < -0.4 is 5.73 Å². The Morgan fingerprint density at radius 2 is 1.96 bits per heavy atom. The van der Waals surface area contributed by atoms with Crippen molar-refractivity contribution in [3.63, 3.8) is 0 Å². The van der Waals surface area contributed by atoms with Gasteiger partial charge in [-0.1, -0.05) is 12.8 Å². The van der Waals surface area contributed by atoms with Gasteiger partial charge in [0.15, 0.2) is 0 Å². The molecule has 0 spiro atoms. The van der Waals surface area contributed by atoms with Gasteiger partial charge in [0.05, 0.1) is 0 Å². The molecule has 4 rings (SSSR count). The minimum Gasteiger partial charge on any atom is -0.383 e. The van der Waals surface area contributed by atoms with Crippen LogP contribution in [0.15, 0.2) is 6.20 Å². The Morgan fingerprint density at radius 3 is 2.71 bits per heavy atom. The van der Waals surface area contributed by atoms with Crippen molar-refractivity contribution in [2.75, 3.05) is 18.8 Å². The lowest BCUT2D eigenvalue weighted by molar-refractivity contribution is -0.139. The average Bonchev–Trinajstić information content (AvgIpc) is 3.26. The van der Waals surface area contributed by atoms with Crippen LogP contribution in [0.3, 0.4) is 0 Å². The number of carbonyl (C=O) groups is 2. The van der Waals surface area contributed by atoms with Gasteiger partial charge in [-0.05, 0) is 25.7 Å². The number of hydrogen-bond donors (Lipinski definition) is 1. The molecule has 1 saturated carbocycles. The van der Waals surface area contributed by atoms with E-state index in [1.54, 1.807) is 11.1 Å². The van der Waals surface area contributed by atoms with E-state index in [0.29, 0.717) is 24.4 Å². The number of rotatable bonds is 2. The molecule has 3 heterocycles. The lowest BCUT2D eigenvalue weighted by atomic mass is 10.1. The summed E-state index contributed by atoms with van der Waals surface area (Å²) in [5.74, 6) is 1.38. The molecule has 7 heteroatoms. The Labute approximate surface area is 141 Å². The van der Waals surface area contributed by atoms with Gasteiger partial charge in [0.2, 0.25) is 5.91 Å². The molecule has 1 aromatic rings. The maximum Gasteiger partial charge on any atom is 0.260 e. The van der Waals surface area contributed by atoms with Gasteiger partial charge in [0, 0.05) is 31.6 Å². The number of aromatic nitrogens is 2. The Bertz CT molecular complexity index is 671. The number of hydrogen-bond acceptors (Lipinski definition) is 5. The van der Waals surface area contributed by atoms with Crippen molar-refractivity contribution in [1.29, 1.82) is 0 Å².